The van der Waals surface area contributed by atoms with E-state index in [2.05, 4.69) is 28.7 Å². The van der Waals surface area contributed by atoms with Gasteiger partial charge >= 0.3 is 5.97 Å². The number of carboxylic acid groups (broad SMARTS) is 1. The van der Waals surface area contributed by atoms with Gasteiger partial charge in [0.15, 0.2) is 5.78 Å². The van der Waals surface area contributed by atoms with Gasteiger partial charge in [-0.2, -0.15) is 0 Å². The average molecular weight is 373 g/mol. The van der Waals surface area contributed by atoms with Gasteiger partial charge in [0.25, 0.3) is 0 Å². The second kappa shape index (κ2) is 9.82. The van der Waals surface area contributed by atoms with Crippen LogP contribution in [0, 0.1) is 0 Å². The molecule has 0 radical (unpaired) electrons. The predicted molar refractivity (Wildman–Crippen MR) is 102 cm³/mol. The fourth-order valence-corrected chi connectivity index (χ4v) is 2.86. The van der Waals surface area contributed by atoms with Crippen LogP contribution in [0.1, 0.15) is 37.4 Å². The first-order chi connectivity index (χ1) is 12.9. The molecule has 0 saturated heterocycles. The molecule has 0 aromatic carbocycles. The van der Waals surface area contributed by atoms with Gasteiger partial charge in [-0.3, -0.25) is 9.59 Å². The lowest BCUT2D eigenvalue weighted by atomic mass is 9.98. The van der Waals surface area contributed by atoms with Crippen LogP contribution in [-0.4, -0.2) is 55.9 Å². The molecule has 2 rings (SSSR count). The molecule has 146 valence electrons. The quantitative estimate of drug-likeness (QED) is 0.614. The molecule has 2 aromatic rings. The molecule has 27 heavy (non-hydrogen) atoms. The Hall–Kier alpha value is -2.74. The number of hydrogen-bond donors (Lipinski definition) is 2. The highest BCUT2D eigenvalue weighted by Gasteiger charge is 2.23. The third-order valence-electron chi connectivity index (χ3n) is 4.56. The van der Waals surface area contributed by atoms with Crippen molar-refractivity contribution >= 4 is 17.6 Å². The summed E-state index contributed by atoms with van der Waals surface area (Å²) in [6, 6.07) is 3.40. The average Bonchev–Trinajstić information content (AvgIpc) is 3.09. The van der Waals surface area contributed by atoms with E-state index in [1.165, 1.54) is 6.33 Å². The molecule has 3 N–H and O–H groups in total. The van der Waals surface area contributed by atoms with Crippen molar-refractivity contribution in [3.63, 3.8) is 0 Å². The summed E-state index contributed by atoms with van der Waals surface area (Å²) >= 11 is 0. The molecule has 2 aromatic heterocycles. The van der Waals surface area contributed by atoms with Crippen molar-refractivity contribution in [1.29, 1.82) is 0 Å². The van der Waals surface area contributed by atoms with Gasteiger partial charge in [0.2, 0.25) is 0 Å². The summed E-state index contributed by atoms with van der Waals surface area (Å²) in [6.45, 7) is 6.90. The largest absolute Gasteiger partial charge is 0.481 e. The minimum Gasteiger partial charge on any atom is -0.481 e. The molecule has 0 spiro atoms. The maximum atomic E-state index is 12.2. The third kappa shape index (κ3) is 6.18. The number of rotatable bonds is 11. The number of nitrogens with zero attached hydrogens (tertiary/aromatic N) is 4. The second-order valence-electron chi connectivity index (χ2n) is 6.47. The van der Waals surface area contributed by atoms with Crippen molar-refractivity contribution < 1.29 is 14.7 Å². The van der Waals surface area contributed by atoms with Crippen molar-refractivity contribution in [3.05, 3.63) is 42.1 Å². The van der Waals surface area contributed by atoms with Crippen molar-refractivity contribution in [2.45, 2.75) is 39.2 Å². The SMILES string of the molecule is CCN(CC)CCC(=O)Cn1cnc(C(Cc2ccc(N)nc2)C(=O)O)c1. The van der Waals surface area contributed by atoms with E-state index in [1.54, 1.807) is 29.1 Å². The van der Waals surface area contributed by atoms with Gasteiger partial charge in [0.05, 0.1) is 18.6 Å². The van der Waals surface area contributed by atoms with Crippen molar-refractivity contribution in [2.75, 3.05) is 25.4 Å². The predicted octanol–water partition coefficient (Wildman–Crippen LogP) is 1.57. The van der Waals surface area contributed by atoms with E-state index in [-0.39, 0.29) is 18.7 Å². The van der Waals surface area contributed by atoms with Gasteiger partial charge < -0.3 is 20.3 Å². The number of ketones is 1. The molecular weight excluding hydrogens is 346 g/mol. The summed E-state index contributed by atoms with van der Waals surface area (Å²) in [6.07, 6.45) is 5.45. The Labute approximate surface area is 159 Å². The van der Waals surface area contributed by atoms with Gasteiger partial charge in [0, 0.05) is 25.4 Å². The molecule has 8 heteroatoms. The molecule has 0 bridgehead atoms. The topological polar surface area (TPSA) is 114 Å². The second-order valence-corrected chi connectivity index (χ2v) is 6.47. The molecule has 2 heterocycles. The monoisotopic (exact) mass is 373 g/mol. The van der Waals surface area contributed by atoms with Crippen LogP contribution in [0.4, 0.5) is 5.82 Å². The summed E-state index contributed by atoms with van der Waals surface area (Å²) < 4.78 is 1.65. The summed E-state index contributed by atoms with van der Waals surface area (Å²) in [5.74, 6) is -1.29. The number of carbonyl (C=O) groups excluding carboxylic acids is 1. The Morgan fingerprint density at radius 3 is 2.59 bits per heavy atom. The van der Waals surface area contributed by atoms with Gasteiger partial charge in [0.1, 0.15) is 11.7 Å². The maximum Gasteiger partial charge on any atom is 0.312 e. The Kier molecular flexibility index (Phi) is 7.48. The first-order valence-corrected chi connectivity index (χ1v) is 9.11. The van der Waals surface area contributed by atoms with Crippen LogP contribution in [0.2, 0.25) is 0 Å². The number of nitrogens with two attached hydrogens (primary N) is 1. The number of aliphatic carboxylic acids is 1. The number of hydrogen-bond acceptors (Lipinski definition) is 6. The molecule has 8 nitrogen and oxygen atoms in total. The minimum atomic E-state index is -0.968. The van der Waals surface area contributed by atoms with Gasteiger partial charge in [-0.15, -0.1) is 0 Å². The number of anilines is 1. The Morgan fingerprint density at radius 1 is 1.26 bits per heavy atom. The van der Waals surface area contributed by atoms with Gasteiger partial charge in [-0.1, -0.05) is 19.9 Å². The number of carboxylic acids is 1. The normalized spacial score (nSPS) is 12.3. The zero-order valence-electron chi connectivity index (χ0n) is 15.8. The molecule has 0 amide bonds. The van der Waals surface area contributed by atoms with Crippen LogP contribution in [0.15, 0.2) is 30.9 Å². The zero-order valence-corrected chi connectivity index (χ0v) is 15.8. The first-order valence-electron chi connectivity index (χ1n) is 9.11. The lowest BCUT2D eigenvalue weighted by molar-refractivity contribution is -0.138. The first kappa shape index (κ1) is 20.6. The standard InChI is InChI=1S/C19H27N5O3/c1-3-23(4-2)8-7-15(25)11-24-12-17(22-13-24)16(19(26)27)9-14-5-6-18(20)21-10-14/h5-6,10,12-13,16H,3-4,7-9,11H2,1-2H3,(H2,20,21)(H,26,27). The fourth-order valence-electron chi connectivity index (χ4n) is 2.86. The number of aromatic nitrogens is 3. The van der Waals surface area contributed by atoms with Crippen LogP contribution < -0.4 is 5.73 Å². The van der Waals surface area contributed by atoms with E-state index in [0.717, 1.165) is 25.2 Å². The summed E-state index contributed by atoms with van der Waals surface area (Å²) in [7, 11) is 0. The maximum absolute atomic E-state index is 12.2. The summed E-state index contributed by atoms with van der Waals surface area (Å²) in [5.41, 5.74) is 6.75. The Balaban J connectivity index is 1.99. The van der Waals surface area contributed by atoms with E-state index in [0.29, 0.717) is 17.9 Å². The van der Waals surface area contributed by atoms with E-state index in [4.69, 9.17) is 5.73 Å². The Bertz CT molecular complexity index is 753. The zero-order chi connectivity index (χ0) is 19.8. The number of carbonyl (C=O) groups is 2. The van der Waals surface area contributed by atoms with Crippen LogP contribution in [0.3, 0.4) is 0 Å². The fraction of sp³-hybridized carbons (Fsp3) is 0.474. The molecule has 0 aliphatic carbocycles. The molecule has 0 saturated carbocycles. The molecule has 0 fully saturated rings. The highest BCUT2D eigenvalue weighted by atomic mass is 16.4. The van der Waals surface area contributed by atoms with Crippen LogP contribution in [0.25, 0.3) is 0 Å². The molecule has 0 aliphatic rings. The number of nitrogen functional groups attached to an aromatic ring is 1. The molecular formula is C19H27N5O3. The molecule has 1 atom stereocenters. The third-order valence-corrected chi connectivity index (χ3v) is 4.56. The van der Waals surface area contributed by atoms with Crippen molar-refractivity contribution in [3.8, 4) is 0 Å². The van der Waals surface area contributed by atoms with E-state index in [9.17, 15) is 14.7 Å². The summed E-state index contributed by atoms with van der Waals surface area (Å²) in [5, 5.41) is 9.57. The molecule has 0 aliphatic heterocycles. The number of Topliss-reactive ketones (excluding diaryl/α,β-unsaturated/α-hetero) is 1. The highest BCUT2D eigenvalue weighted by Crippen LogP contribution is 2.20. The van der Waals surface area contributed by atoms with Crippen LogP contribution >= 0.6 is 0 Å². The van der Waals surface area contributed by atoms with E-state index >= 15 is 0 Å². The number of pyridine rings is 1. The van der Waals surface area contributed by atoms with Gasteiger partial charge in [-0.05, 0) is 31.1 Å². The smallest absolute Gasteiger partial charge is 0.312 e. The van der Waals surface area contributed by atoms with Crippen molar-refractivity contribution in [2.24, 2.45) is 0 Å². The van der Waals surface area contributed by atoms with E-state index < -0.39 is 11.9 Å². The van der Waals surface area contributed by atoms with Crippen molar-refractivity contribution in [1.82, 2.24) is 19.4 Å². The lowest BCUT2D eigenvalue weighted by Crippen LogP contribution is -2.26. The van der Waals surface area contributed by atoms with Gasteiger partial charge in [-0.25, -0.2) is 9.97 Å². The van der Waals surface area contributed by atoms with E-state index in [1.807, 2.05) is 0 Å². The Morgan fingerprint density at radius 2 is 2.00 bits per heavy atom. The lowest BCUT2D eigenvalue weighted by Gasteiger charge is -2.17. The molecule has 1 unspecified atom stereocenters. The summed E-state index contributed by atoms with van der Waals surface area (Å²) in [4.78, 5) is 34.2. The van der Waals surface area contributed by atoms with Crippen LogP contribution in [0.5, 0.6) is 0 Å². The minimum absolute atomic E-state index is 0.0976. The number of imidazole rings is 1. The van der Waals surface area contributed by atoms with Crippen LogP contribution in [-0.2, 0) is 22.6 Å². The highest BCUT2D eigenvalue weighted by molar-refractivity contribution is 5.78.